The molecule has 1 amide bonds. The third-order valence-electron chi connectivity index (χ3n) is 3.97. The van der Waals surface area contributed by atoms with Crippen LogP contribution in [0.25, 0.3) is 0 Å². The van der Waals surface area contributed by atoms with Crippen molar-refractivity contribution in [3.63, 3.8) is 0 Å². The number of benzene rings is 2. The van der Waals surface area contributed by atoms with Crippen LogP contribution in [0.5, 0.6) is 11.5 Å². The van der Waals surface area contributed by atoms with Crippen LogP contribution in [0.2, 0.25) is 0 Å². The average molecular weight is 357 g/mol. The number of hydrogen-bond acceptors (Lipinski definition) is 4. The number of nitrogens with one attached hydrogen (secondary N) is 1. The van der Waals surface area contributed by atoms with Crippen LogP contribution in [0.15, 0.2) is 35.2 Å². The van der Waals surface area contributed by atoms with Crippen LogP contribution in [-0.4, -0.2) is 24.9 Å². The first kappa shape index (κ1) is 17.7. The Balaban J connectivity index is 0.000000146. The average Bonchev–Trinajstić information content (AvgIpc) is 2.75. The predicted octanol–water partition coefficient (Wildman–Crippen LogP) is 4.50. The third kappa shape index (κ3) is 4.48. The molecule has 0 aromatic heterocycles. The number of rotatable bonds is 0. The van der Waals surface area contributed by atoms with Gasteiger partial charge >= 0.3 is 0 Å². The number of anilines is 1. The van der Waals surface area contributed by atoms with Crippen molar-refractivity contribution in [2.24, 2.45) is 0 Å². The van der Waals surface area contributed by atoms with Crippen molar-refractivity contribution in [3.8, 4) is 11.5 Å². The zero-order valence-electron chi connectivity index (χ0n) is 14.8. The van der Waals surface area contributed by atoms with E-state index in [9.17, 15) is 4.79 Å². The molecular formula is C20H23NO3S. The van der Waals surface area contributed by atoms with Crippen LogP contribution in [0, 0.1) is 20.8 Å². The van der Waals surface area contributed by atoms with Gasteiger partial charge in [0.2, 0.25) is 5.91 Å². The summed E-state index contributed by atoms with van der Waals surface area (Å²) in [4.78, 5) is 12.4. The van der Waals surface area contributed by atoms with Gasteiger partial charge in [-0.2, -0.15) is 0 Å². The second kappa shape index (κ2) is 7.83. The van der Waals surface area contributed by atoms with Crippen LogP contribution >= 0.6 is 11.8 Å². The van der Waals surface area contributed by atoms with Gasteiger partial charge in [-0.1, -0.05) is 12.1 Å². The van der Waals surface area contributed by atoms with Gasteiger partial charge in [0, 0.05) is 17.1 Å². The van der Waals surface area contributed by atoms with Gasteiger partial charge in [-0.25, -0.2) is 0 Å². The highest BCUT2D eigenvalue weighted by Gasteiger charge is 2.14. The maximum Gasteiger partial charge on any atom is 0.225 e. The molecule has 2 aliphatic heterocycles. The Hall–Kier alpha value is -2.14. The summed E-state index contributed by atoms with van der Waals surface area (Å²) in [6, 6.07) is 10.3. The number of carbonyl (C=O) groups is 1. The lowest BCUT2D eigenvalue weighted by Gasteiger charge is -2.20. The molecule has 4 nitrogen and oxygen atoms in total. The maximum absolute atomic E-state index is 11.2. The summed E-state index contributed by atoms with van der Waals surface area (Å²) in [5.74, 6) is 2.80. The lowest BCUT2D eigenvalue weighted by Crippen LogP contribution is -2.16. The summed E-state index contributed by atoms with van der Waals surface area (Å²) < 4.78 is 10.9. The number of ether oxygens (including phenoxy) is 2. The van der Waals surface area contributed by atoms with E-state index in [1.165, 1.54) is 16.0 Å². The van der Waals surface area contributed by atoms with E-state index in [0.717, 1.165) is 28.5 Å². The second-order valence-electron chi connectivity index (χ2n) is 6.25. The van der Waals surface area contributed by atoms with E-state index in [4.69, 9.17) is 9.47 Å². The van der Waals surface area contributed by atoms with E-state index in [1.54, 1.807) is 11.8 Å². The summed E-state index contributed by atoms with van der Waals surface area (Å²) in [5, 5.41) is 2.90. The number of carbonyl (C=O) groups excluding carboxylic acids is 1. The highest BCUT2D eigenvalue weighted by Crippen LogP contribution is 2.34. The standard InChI is InChI=1S/C10H11NOS.C10H12O2/c1-7-2-3-9-8(6-7)11-10(12)4-5-13-9;1-7-5-8(2)10-9(6-7)11-3-4-12-10/h2-3,6H,4-5H2,1H3,(H,11,12);5-6H,3-4H2,1-2H3. The van der Waals surface area contributed by atoms with Crippen LogP contribution in [0.4, 0.5) is 5.69 Å². The minimum Gasteiger partial charge on any atom is -0.486 e. The zero-order chi connectivity index (χ0) is 17.8. The maximum atomic E-state index is 11.2. The van der Waals surface area contributed by atoms with Crippen LogP contribution < -0.4 is 14.8 Å². The molecule has 0 unspecified atom stereocenters. The fourth-order valence-electron chi connectivity index (χ4n) is 2.84. The minimum atomic E-state index is 0.122. The molecule has 5 heteroatoms. The molecule has 0 spiro atoms. The smallest absolute Gasteiger partial charge is 0.225 e. The van der Waals surface area contributed by atoms with Gasteiger partial charge in [0.15, 0.2) is 11.5 Å². The first-order chi connectivity index (χ1) is 12.0. The lowest BCUT2D eigenvalue weighted by molar-refractivity contribution is -0.115. The molecule has 2 aliphatic rings. The molecular weight excluding hydrogens is 334 g/mol. The highest BCUT2D eigenvalue weighted by atomic mass is 32.2. The molecule has 0 fully saturated rings. The third-order valence-corrected chi connectivity index (χ3v) is 5.04. The van der Waals surface area contributed by atoms with Gasteiger partial charge in [0.1, 0.15) is 13.2 Å². The fourth-order valence-corrected chi connectivity index (χ4v) is 3.77. The molecule has 0 radical (unpaired) electrons. The van der Waals surface area contributed by atoms with Crippen molar-refractivity contribution in [2.75, 3.05) is 24.3 Å². The van der Waals surface area contributed by atoms with Gasteiger partial charge in [-0.15, -0.1) is 11.8 Å². The van der Waals surface area contributed by atoms with E-state index >= 15 is 0 Å². The van der Waals surface area contributed by atoms with Gasteiger partial charge < -0.3 is 14.8 Å². The van der Waals surface area contributed by atoms with Crippen LogP contribution in [0.3, 0.4) is 0 Å². The Bertz CT molecular complexity index is 789. The Morgan fingerprint density at radius 2 is 1.80 bits per heavy atom. The number of amides is 1. The Labute approximate surface area is 152 Å². The Morgan fingerprint density at radius 1 is 1.00 bits per heavy atom. The van der Waals surface area contributed by atoms with Crippen molar-refractivity contribution in [1.82, 2.24) is 0 Å². The summed E-state index contributed by atoms with van der Waals surface area (Å²) in [6.45, 7) is 7.46. The van der Waals surface area contributed by atoms with Gasteiger partial charge in [-0.3, -0.25) is 4.79 Å². The van der Waals surface area contributed by atoms with Crippen molar-refractivity contribution in [3.05, 3.63) is 47.0 Å². The molecule has 2 heterocycles. The molecule has 25 heavy (non-hydrogen) atoms. The Kier molecular flexibility index (Phi) is 5.53. The SMILES string of the molecule is Cc1cc(C)c2c(c1)OCCO2.Cc1ccc2c(c1)NC(=O)CCS2. The number of hydrogen-bond donors (Lipinski definition) is 1. The minimum absolute atomic E-state index is 0.122. The number of thioether (sulfide) groups is 1. The molecule has 2 aromatic rings. The number of aryl methyl sites for hydroxylation is 3. The van der Waals surface area contributed by atoms with E-state index in [-0.39, 0.29) is 5.91 Å². The quantitative estimate of drug-likeness (QED) is 0.754. The van der Waals surface area contributed by atoms with Crippen molar-refractivity contribution < 1.29 is 14.3 Å². The highest BCUT2D eigenvalue weighted by molar-refractivity contribution is 7.99. The topological polar surface area (TPSA) is 47.6 Å². The van der Waals surface area contributed by atoms with E-state index < -0.39 is 0 Å². The van der Waals surface area contributed by atoms with Gasteiger partial charge in [0.25, 0.3) is 0 Å². The molecule has 0 saturated carbocycles. The molecule has 132 valence electrons. The van der Waals surface area contributed by atoms with E-state index in [1.807, 2.05) is 26.0 Å². The summed E-state index contributed by atoms with van der Waals surface area (Å²) in [7, 11) is 0. The monoisotopic (exact) mass is 357 g/mol. The van der Waals surface area contributed by atoms with Crippen LogP contribution in [-0.2, 0) is 4.79 Å². The molecule has 0 bridgehead atoms. The van der Waals surface area contributed by atoms with Crippen molar-refractivity contribution in [2.45, 2.75) is 32.1 Å². The summed E-state index contributed by atoms with van der Waals surface area (Å²) in [5.41, 5.74) is 4.52. The van der Waals surface area contributed by atoms with Crippen molar-refractivity contribution in [1.29, 1.82) is 0 Å². The first-order valence-corrected chi connectivity index (χ1v) is 9.41. The lowest BCUT2D eigenvalue weighted by atomic mass is 10.1. The first-order valence-electron chi connectivity index (χ1n) is 8.43. The fraction of sp³-hybridized carbons (Fsp3) is 0.350. The molecule has 1 N–H and O–H groups in total. The molecule has 0 aliphatic carbocycles. The van der Waals surface area contributed by atoms with E-state index in [0.29, 0.717) is 19.6 Å². The zero-order valence-corrected chi connectivity index (χ0v) is 15.7. The van der Waals surface area contributed by atoms with Gasteiger partial charge in [-0.05, 0) is 55.7 Å². The second-order valence-corrected chi connectivity index (χ2v) is 7.39. The molecule has 2 aromatic carbocycles. The largest absolute Gasteiger partial charge is 0.486 e. The van der Waals surface area contributed by atoms with Crippen LogP contribution in [0.1, 0.15) is 23.1 Å². The summed E-state index contributed by atoms with van der Waals surface area (Å²) in [6.07, 6.45) is 0.610. The predicted molar refractivity (Wildman–Crippen MR) is 102 cm³/mol. The Morgan fingerprint density at radius 3 is 2.64 bits per heavy atom. The summed E-state index contributed by atoms with van der Waals surface area (Å²) >= 11 is 1.74. The molecule has 0 saturated heterocycles. The van der Waals surface area contributed by atoms with Crippen molar-refractivity contribution >= 4 is 23.4 Å². The van der Waals surface area contributed by atoms with E-state index in [2.05, 4.69) is 30.4 Å². The van der Waals surface area contributed by atoms with Gasteiger partial charge in [0.05, 0.1) is 5.69 Å². The normalized spacial score (nSPS) is 15.2. The molecule has 0 atom stereocenters. The number of fused-ring (bicyclic) bond motifs is 2. The molecule has 4 rings (SSSR count).